The van der Waals surface area contributed by atoms with Crippen molar-refractivity contribution in [3.05, 3.63) is 95.6 Å². The van der Waals surface area contributed by atoms with E-state index in [4.69, 9.17) is 9.47 Å². The Hall–Kier alpha value is -3.00. The summed E-state index contributed by atoms with van der Waals surface area (Å²) < 4.78 is 11.9. The largest absolute Gasteiger partial charge is 0.497 e. The Kier molecular flexibility index (Phi) is 5.90. The summed E-state index contributed by atoms with van der Waals surface area (Å²) in [4.78, 5) is 0. The van der Waals surface area contributed by atoms with E-state index in [1.165, 1.54) is 29.5 Å². The van der Waals surface area contributed by atoms with E-state index >= 15 is 0 Å². The van der Waals surface area contributed by atoms with Crippen molar-refractivity contribution in [3.63, 3.8) is 0 Å². The monoisotopic (exact) mass is 426 g/mol. The molecule has 32 heavy (non-hydrogen) atoms. The number of fused-ring (bicyclic) bond motifs is 1. The Morgan fingerprint density at radius 1 is 0.844 bits per heavy atom. The van der Waals surface area contributed by atoms with Crippen LogP contribution in [0.4, 0.5) is 0 Å². The summed E-state index contributed by atoms with van der Waals surface area (Å²) in [5.41, 5.74) is 7.59. The molecule has 0 aliphatic heterocycles. The minimum Gasteiger partial charge on any atom is -0.497 e. The highest BCUT2D eigenvalue weighted by Crippen LogP contribution is 2.46. The van der Waals surface area contributed by atoms with Crippen LogP contribution in [0.3, 0.4) is 0 Å². The molecule has 1 aliphatic rings. The van der Waals surface area contributed by atoms with E-state index in [0.29, 0.717) is 12.4 Å². The van der Waals surface area contributed by atoms with Crippen LogP contribution in [0.1, 0.15) is 62.8 Å². The third-order valence-electron chi connectivity index (χ3n) is 6.95. The molecule has 4 rings (SSSR count). The number of hydrogen-bond donors (Lipinski definition) is 0. The lowest BCUT2D eigenvalue weighted by molar-refractivity contribution is 0.303. The smallest absolute Gasteiger partial charge is 0.128 e. The summed E-state index contributed by atoms with van der Waals surface area (Å²) in [5, 5.41) is 0. The molecule has 3 aromatic rings. The summed E-state index contributed by atoms with van der Waals surface area (Å²) in [6.07, 6.45) is 2.43. The first kappa shape index (κ1) is 22.2. The summed E-state index contributed by atoms with van der Waals surface area (Å²) in [6, 6.07) is 23.3. The Labute approximate surface area is 192 Å². The van der Waals surface area contributed by atoms with Crippen LogP contribution in [0.5, 0.6) is 5.75 Å². The molecule has 2 heteroatoms. The van der Waals surface area contributed by atoms with Crippen LogP contribution in [-0.4, -0.2) is 7.11 Å². The maximum Gasteiger partial charge on any atom is 0.128 e. The molecule has 3 aromatic carbocycles. The highest BCUT2D eigenvalue weighted by Gasteiger charge is 2.36. The molecule has 0 unspecified atom stereocenters. The van der Waals surface area contributed by atoms with Crippen LogP contribution in [0.15, 0.2) is 73.3 Å². The third kappa shape index (κ3) is 4.19. The van der Waals surface area contributed by atoms with Crippen LogP contribution in [0, 0.1) is 0 Å². The molecule has 0 heterocycles. The lowest BCUT2D eigenvalue weighted by Gasteiger charge is -2.42. The van der Waals surface area contributed by atoms with Crippen LogP contribution in [0.2, 0.25) is 0 Å². The third-order valence-corrected chi connectivity index (χ3v) is 6.95. The summed E-state index contributed by atoms with van der Waals surface area (Å²) in [7, 11) is 1.65. The molecular formula is C30H34O2. The van der Waals surface area contributed by atoms with Crippen molar-refractivity contribution in [2.75, 3.05) is 7.11 Å². The van der Waals surface area contributed by atoms with Gasteiger partial charge in [-0.05, 0) is 52.0 Å². The van der Waals surface area contributed by atoms with Gasteiger partial charge in [0.15, 0.2) is 0 Å². The van der Waals surface area contributed by atoms with Crippen LogP contribution in [0.25, 0.3) is 16.9 Å². The molecule has 0 saturated carbocycles. The van der Waals surface area contributed by atoms with E-state index in [2.05, 4.69) is 64.6 Å². The normalized spacial score (nSPS) is 16.2. The highest BCUT2D eigenvalue weighted by molar-refractivity contribution is 5.82. The lowest BCUT2D eigenvalue weighted by Crippen LogP contribution is -2.33. The first-order valence-corrected chi connectivity index (χ1v) is 11.4. The van der Waals surface area contributed by atoms with Gasteiger partial charge < -0.3 is 9.47 Å². The second-order valence-corrected chi connectivity index (χ2v) is 10.1. The molecule has 0 spiro atoms. The summed E-state index contributed by atoms with van der Waals surface area (Å²) in [5.74, 6) is 1.47. The summed E-state index contributed by atoms with van der Waals surface area (Å²) in [6.45, 7) is 14.0. The Morgan fingerprint density at radius 2 is 1.53 bits per heavy atom. The fourth-order valence-electron chi connectivity index (χ4n) is 4.78. The Morgan fingerprint density at radius 3 is 2.22 bits per heavy atom. The maximum atomic E-state index is 6.43. The molecule has 166 valence electrons. The number of rotatable bonds is 6. The number of methoxy groups -OCH3 is 1. The van der Waals surface area contributed by atoms with Crippen molar-refractivity contribution >= 4 is 5.76 Å². The van der Waals surface area contributed by atoms with Crippen molar-refractivity contribution in [1.82, 2.24) is 0 Å². The molecule has 1 aliphatic carbocycles. The van der Waals surface area contributed by atoms with Crippen LogP contribution in [-0.2, 0) is 22.2 Å². The van der Waals surface area contributed by atoms with Gasteiger partial charge in [-0.15, -0.1) is 0 Å². The molecule has 0 radical (unpaired) electrons. The van der Waals surface area contributed by atoms with E-state index in [1.54, 1.807) is 7.11 Å². The minimum atomic E-state index is 0.187. The van der Waals surface area contributed by atoms with E-state index in [9.17, 15) is 0 Å². The number of ether oxygens (including phenoxy) is 2. The van der Waals surface area contributed by atoms with Gasteiger partial charge in [0, 0.05) is 11.1 Å². The predicted molar refractivity (Wildman–Crippen MR) is 134 cm³/mol. The average Bonchev–Trinajstić information content (AvgIpc) is 2.80. The van der Waals surface area contributed by atoms with Crippen LogP contribution >= 0.6 is 0 Å². The Balaban J connectivity index is 1.69. The second-order valence-electron chi connectivity index (χ2n) is 10.1. The molecule has 0 N–H and O–H groups in total. The molecule has 0 amide bonds. The van der Waals surface area contributed by atoms with Gasteiger partial charge in [0.05, 0.1) is 7.11 Å². The Bertz CT molecular complexity index is 1120. The molecule has 0 bridgehead atoms. The zero-order chi connectivity index (χ0) is 22.9. The fourth-order valence-corrected chi connectivity index (χ4v) is 4.78. The topological polar surface area (TPSA) is 18.5 Å². The van der Waals surface area contributed by atoms with Crippen molar-refractivity contribution in [2.45, 2.75) is 58.0 Å². The van der Waals surface area contributed by atoms with Crippen molar-refractivity contribution in [3.8, 4) is 16.9 Å². The molecule has 0 fully saturated rings. The van der Waals surface area contributed by atoms with Gasteiger partial charge in [-0.1, -0.05) is 94.9 Å². The molecule has 0 saturated heterocycles. The number of benzene rings is 3. The molecule has 0 aromatic heterocycles. The van der Waals surface area contributed by atoms with E-state index in [0.717, 1.165) is 22.4 Å². The second kappa shape index (κ2) is 8.50. The van der Waals surface area contributed by atoms with Gasteiger partial charge in [-0.2, -0.15) is 0 Å². The highest BCUT2D eigenvalue weighted by atomic mass is 16.5. The average molecular weight is 427 g/mol. The van der Waals surface area contributed by atoms with Gasteiger partial charge in [-0.3, -0.25) is 0 Å². The predicted octanol–water partition coefficient (Wildman–Crippen LogP) is 7.90. The van der Waals surface area contributed by atoms with E-state index < -0.39 is 0 Å². The van der Waals surface area contributed by atoms with Crippen LogP contribution < -0.4 is 4.74 Å². The van der Waals surface area contributed by atoms with Crippen molar-refractivity contribution < 1.29 is 9.47 Å². The SMILES string of the molecule is C=C(OC)c1cccc(OCc2ccc3c(c2)C(C)(C)CCC3(C)C)c1-c1ccccc1. The van der Waals surface area contributed by atoms with E-state index in [-0.39, 0.29) is 10.8 Å². The first-order chi connectivity index (χ1) is 15.2. The fraction of sp³-hybridized carbons (Fsp3) is 0.333. The first-order valence-electron chi connectivity index (χ1n) is 11.4. The van der Waals surface area contributed by atoms with Gasteiger partial charge >= 0.3 is 0 Å². The van der Waals surface area contributed by atoms with Crippen molar-refractivity contribution in [1.29, 1.82) is 0 Å². The van der Waals surface area contributed by atoms with Gasteiger partial charge in [0.2, 0.25) is 0 Å². The van der Waals surface area contributed by atoms with Gasteiger partial charge in [0.25, 0.3) is 0 Å². The lowest BCUT2D eigenvalue weighted by atomic mass is 9.63. The van der Waals surface area contributed by atoms with Gasteiger partial charge in [0.1, 0.15) is 18.1 Å². The quantitative estimate of drug-likeness (QED) is 0.373. The number of hydrogen-bond acceptors (Lipinski definition) is 2. The molecule has 0 atom stereocenters. The minimum absolute atomic E-state index is 0.187. The molecule has 2 nitrogen and oxygen atoms in total. The van der Waals surface area contributed by atoms with E-state index in [1.807, 2.05) is 36.4 Å². The maximum absolute atomic E-state index is 6.43. The zero-order valence-corrected chi connectivity index (χ0v) is 20.0. The molecular weight excluding hydrogens is 392 g/mol. The standard InChI is InChI=1S/C30H34O2/c1-21(31-6)24-13-10-14-27(28(24)23-11-8-7-9-12-23)32-20-22-15-16-25-26(19-22)30(4,5)18-17-29(25,2)3/h7-16,19H,1,17-18,20H2,2-6H3. The van der Waals surface area contributed by atoms with Crippen molar-refractivity contribution in [2.24, 2.45) is 0 Å². The summed E-state index contributed by atoms with van der Waals surface area (Å²) >= 11 is 0. The zero-order valence-electron chi connectivity index (χ0n) is 20.0. The van der Waals surface area contributed by atoms with Gasteiger partial charge in [-0.25, -0.2) is 0 Å².